The van der Waals surface area contributed by atoms with Gasteiger partial charge in [0.25, 0.3) is 0 Å². The molecule has 0 aliphatic heterocycles. The van der Waals surface area contributed by atoms with Crippen molar-refractivity contribution in [3.63, 3.8) is 0 Å². The maximum atomic E-state index is 5.87. The molecule has 0 fully saturated rings. The van der Waals surface area contributed by atoms with Crippen LogP contribution in [0.25, 0.3) is 0 Å². The standard InChI is InChI=1S/C13H17ClN4/c1-2-7-18-12(16-17-13(18)9-15)8-10-3-5-11(14)6-4-10/h3-6H,2,7-9,15H2,1H3. The molecule has 1 heterocycles. The summed E-state index contributed by atoms with van der Waals surface area (Å²) in [7, 11) is 0. The summed E-state index contributed by atoms with van der Waals surface area (Å²) >= 11 is 5.87. The maximum absolute atomic E-state index is 5.87. The van der Waals surface area contributed by atoms with E-state index in [1.807, 2.05) is 24.3 Å². The van der Waals surface area contributed by atoms with Crippen molar-refractivity contribution in [2.45, 2.75) is 32.9 Å². The van der Waals surface area contributed by atoms with E-state index in [1.54, 1.807) is 0 Å². The number of aromatic nitrogens is 3. The molecule has 0 atom stereocenters. The van der Waals surface area contributed by atoms with Gasteiger partial charge in [0.15, 0.2) is 0 Å². The molecule has 0 amide bonds. The number of benzene rings is 1. The summed E-state index contributed by atoms with van der Waals surface area (Å²) in [5, 5.41) is 9.10. The van der Waals surface area contributed by atoms with Crippen molar-refractivity contribution in [1.82, 2.24) is 14.8 Å². The Kier molecular flexibility index (Phi) is 4.33. The topological polar surface area (TPSA) is 56.7 Å². The third-order valence-electron chi connectivity index (χ3n) is 2.81. The Morgan fingerprint density at radius 1 is 1.17 bits per heavy atom. The van der Waals surface area contributed by atoms with Crippen LogP contribution in [0.15, 0.2) is 24.3 Å². The minimum absolute atomic E-state index is 0.424. The molecule has 1 aromatic heterocycles. The van der Waals surface area contributed by atoms with Crippen LogP contribution >= 0.6 is 11.6 Å². The molecular weight excluding hydrogens is 248 g/mol. The van der Waals surface area contributed by atoms with Crippen LogP contribution in [0.5, 0.6) is 0 Å². The predicted molar refractivity (Wildman–Crippen MR) is 72.5 cm³/mol. The van der Waals surface area contributed by atoms with Gasteiger partial charge in [-0.05, 0) is 24.1 Å². The summed E-state index contributed by atoms with van der Waals surface area (Å²) in [5.74, 6) is 1.81. The first-order valence-electron chi connectivity index (χ1n) is 6.10. The molecule has 2 N–H and O–H groups in total. The minimum atomic E-state index is 0.424. The quantitative estimate of drug-likeness (QED) is 0.902. The molecular formula is C13H17ClN4. The molecule has 0 bridgehead atoms. The highest BCUT2D eigenvalue weighted by Gasteiger charge is 2.10. The fraction of sp³-hybridized carbons (Fsp3) is 0.385. The van der Waals surface area contributed by atoms with Crippen molar-refractivity contribution in [2.24, 2.45) is 5.73 Å². The molecule has 2 aromatic rings. The van der Waals surface area contributed by atoms with E-state index >= 15 is 0 Å². The summed E-state index contributed by atoms with van der Waals surface area (Å²) in [6, 6.07) is 7.80. The first kappa shape index (κ1) is 13.1. The monoisotopic (exact) mass is 264 g/mol. The van der Waals surface area contributed by atoms with Crippen molar-refractivity contribution < 1.29 is 0 Å². The van der Waals surface area contributed by atoms with E-state index in [1.165, 1.54) is 5.56 Å². The van der Waals surface area contributed by atoms with E-state index in [-0.39, 0.29) is 0 Å². The minimum Gasteiger partial charge on any atom is -0.324 e. The van der Waals surface area contributed by atoms with E-state index in [2.05, 4.69) is 21.7 Å². The molecule has 96 valence electrons. The third-order valence-corrected chi connectivity index (χ3v) is 3.06. The molecule has 18 heavy (non-hydrogen) atoms. The number of nitrogens with zero attached hydrogens (tertiary/aromatic N) is 3. The van der Waals surface area contributed by atoms with Crippen LogP contribution in [-0.2, 0) is 19.5 Å². The lowest BCUT2D eigenvalue weighted by molar-refractivity contribution is 0.615. The van der Waals surface area contributed by atoms with Crippen molar-refractivity contribution in [2.75, 3.05) is 0 Å². The first-order valence-corrected chi connectivity index (χ1v) is 6.47. The van der Waals surface area contributed by atoms with Crippen LogP contribution in [0.4, 0.5) is 0 Å². The lowest BCUT2D eigenvalue weighted by Crippen LogP contribution is -2.11. The van der Waals surface area contributed by atoms with Crippen LogP contribution in [0, 0.1) is 0 Å². The molecule has 0 unspecified atom stereocenters. The number of halogens is 1. The van der Waals surface area contributed by atoms with Crippen molar-refractivity contribution >= 4 is 11.6 Å². The second-order valence-corrected chi connectivity index (χ2v) is 4.63. The van der Waals surface area contributed by atoms with Crippen molar-refractivity contribution in [3.05, 3.63) is 46.5 Å². The zero-order chi connectivity index (χ0) is 13.0. The Morgan fingerprint density at radius 3 is 2.44 bits per heavy atom. The van der Waals surface area contributed by atoms with Gasteiger partial charge in [-0.3, -0.25) is 0 Å². The summed E-state index contributed by atoms with van der Waals surface area (Å²) in [6.07, 6.45) is 1.79. The highest BCUT2D eigenvalue weighted by molar-refractivity contribution is 6.30. The normalized spacial score (nSPS) is 10.8. The van der Waals surface area contributed by atoms with Gasteiger partial charge < -0.3 is 10.3 Å². The molecule has 0 saturated carbocycles. The lowest BCUT2D eigenvalue weighted by atomic mass is 10.1. The van der Waals surface area contributed by atoms with Crippen LogP contribution in [0.1, 0.15) is 30.6 Å². The third kappa shape index (κ3) is 2.89. The average molecular weight is 265 g/mol. The number of rotatable bonds is 5. The van der Waals surface area contributed by atoms with Gasteiger partial charge in [0, 0.05) is 18.0 Å². The average Bonchev–Trinajstić information content (AvgIpc) is 2.75. The van der Waals surface area contributed by atoms with Gasteiger partial charge in [0.1, 0.15) is 11.6 Å². The highest BCUT2D eigenvalue weighted by atomic mass is 35.5. The number of nitrogens with two attached hydrogens (primary N) is 1. The summed E-state index contributed by atoms with van der Waals surface area (Å²) < 4.78 is 2.11. The largest absolute Gasteiger partial charge is 0.324 e. The van der Waals surface area contributed by atoms with Gasteiger partial charge in [0.05, 0.1) is 6.54 Å². The summed E-state index contributed by atoms with van der Waals surface area (Å²) in [6.45, 7) is 3.46. The fourth-order valence-electron chi connectivity index (χ4n) is 1.92. The van der Waals surface area contributed by atoms with E-state index in [9.17, 15) is 0 Å². The fourth-order valence-corrected chi connectivity index (χ4v) is 2.05. The highest BCUT2D eigenvalue weighted by Crippen LogP contribution is 2.13. The number of hydrogen-bond donors (Lipinski definition) is 1. The van der Waals surface area contributed by atoms with Crippen LogP contribution in [-0.4, -0.2) is 14.8 Å². The maximum Gasteiger partial charge on any atom is 0.146 e. The molecule has 0 aliphatic carbocycles. The number of hydrogen-bond acceptors (Lipinski definition) is 3. The zero-order valence-corrected chi connectivity index (χ0v) is 11.2. The zero-order valence-electron chi connectivity index (χ0n) is 10.4. The van der Waals surface area contributed by atoms with E-state index in [0.29, 0.717) is 6.54 Å². The van der Waals surface area contributed by atoms with Gasteiger partial charge in [-0.1, -0.05) is 30.7 Å². The first-order chi connectivity index (χ1) is 8.74. The van der Waals surface area contributed by atoms with Gasteiger partial charge in [-0.25, -0.2) is 0 Å². The Balaban J connectivity index is 2.22. The molecule has 5 heteroatoms. The predicted octanol–water partition coefficient (Wildman–Crippen LogP) is 2.39. The van der Waals surface area contributed by atoms with Crippen LogP contribution < -0.4 is 5.73 Å². The Morgan fingerprint density at radius 2 is 1.83 bits per heavy atom. The Bertz CT molecular complexity index is 504. The molecule has 2 rings (SSSR count). The molecule has 0 radical (unpaired) electrons. The van der Waals surface area contributed by atoms with Gasteiger partial charge in [-0.15, -0.1) is 10.2 Å². The van der Waals surface area contributed by atoms with Gasteiger partial charge in [0.2, 0.25) is 0 Å². The van der Waals surface area contributed by atoms with E-state index in [0.717, 1.165) is 36.1 Å². The van der Waals surface area contributed by atoms with Gasteiger partial charge in [-0.2, -0.15) is 0 Å². The summed E-state index contributed by atoms with van der Waals surface area (Å²) in [4.78, 5) is 0. The van der Waals surface area contributed by atoms with Crippen molar-refractivity contribution in [3.8, 4) is 0 Å². The molecule has 1 aromatic carbocycles. The van der Waals surface area contributed by atoms with E-state index in [4.69, 9.17) is 17.3 Å². The molecule has 0 saturated heterocycles. The molecule has 0 aliphatic rings. The second-order valence-electron chi connectivity index (χ2n) is 4.19. The second kappa shape index (κ2) is 5.98. The Labute approximate surface area is 112 Å². The Hall–Kier alpha value is -1.39. The van der Waals surface area contributed by atoms with Gasteiger partial charge >= 0.3 is 0 Å². The smallest absolute Gasteiger partial charge is 0.146 e. The SMILES string of the molecule is CCCn1c(CN)nnc1Cc1ccc(Cl)cc1. The van der Waals surface area contributed by atoms with Crippen molar-refractivity contribution in [1.29, 1.82) is 0 Å². The molecule has 4 nitrogen and oxygen atoms in total. The molecule has 0 spiro atoms. The van der Waals surface area contributed by atoms with Crippen LogP contribution in [0.2, 0.25) is 5.02 Å². The van der Waals surface area contributed by atoms with Crippen LogP contribution in [0.3, 0.4) is 0 Å². The lowest BCUT2D eigenvalue weighted by Gasteiger charge is -2.08. The summed E-state index contributed by atoms with van der Waals surface area (Å²) in [5.41, 5.74) is 6.84. The van der Waals surface area contributed by atoms with E-state index < -0.39 is 0 Å².